The van der Waals surface area contributed by atoms with Crippen molar-refractivity contribution in [2.75, 3.05) is 32.9 Å². The van der Waals surface area contributed by atoms with Crippen LogP contribution in [-0.2, 0) is 0 Å². The van der Waals surface area contributed by atoms with Crippen LogP contribution in [0.15, 0.2) is 0 Å². The normalized spacial score (nSPS) is 34.1. The first kappa shape index (κ1) is 12.3. The summed E-state index contributed by atoms with van der Waals surface area (Å²) in [6.07, 6.45) is 3.43. The summed E-state index contributed by atoms with van der Waals surface area (Å²) in [5.41, 5.74) is 0. The number of rotatable bonds is 3. The maximum Gasteiger partial charge on any atom is 0.0898 e. The van der Waals surface area contributed by atoms with E-state index in [-0.39, 0.29) is 18.7 Å². The lowest BCUT2D eigenvalue weighted by atomic mass is 9.90. The van der Waals surface area contributed by atoms with E-state index in [0.717, 1.165) is 32.6 Å². The summed E-state index contributed by atoms with van der Waals surface area (Å²) >= 11 is 0. The molecular weight excluding hydrogens is 207 g/mol. The average molecular weight is 230 g/mol. The van der Waals surface area contributed by atoms with Crippen molar-refractivity contribution in [1.82, 2.24) is 10.2 Å². The number of nitrogens with one attached hydrogen (secondary N) is 1. The Morgan fingerprint density at radius 2 is 2.00 bits per heavy atom. The fourth-order valence-electron chi connectivity index (χ4n) is 2.98. The Morgan fingerprint density at radius 3 is 2.69 bits per heavy atom. The molecule has 0 radical (unpaired) electrons. The minimum atomic E-state index is -0.304. The van der Waals surface area contributed by atoms with E-state index in [4.69, 9.17) is 0 Å². The fourth-order valence-corrected chi connectivity index (χ4v) is 2.98. The highest BCUT2D eigenvalue weighted by Crippen LogP contribution is 2.24. The first-order valence-electron chi connectivity index (χ1n) is 6.50. The van der Waals surface area contributed by atoms with Gasteiger partial charge in [0, 0.05) is 25.0 Å². The van der Waals surface area contributed by atoms with E-state index in [1.165, 1.54) is 12.8 Å². The molecule has 16 heavy (non-hydrogen) atoms. The second-order valence-electron chi connectivity index (χ2n) is 5.07. The van der Waals surface area contributed by atoms with Crippen LogP contribution in [0.25, 0.3) is 0 Å². The molecule has 2 aliphatic rings. The molecule has 0 amide bonds. The maximum absolute atomic E-state index is 12.4. The van der Waals surface area contributed by atoms with Gasteiger partial charge >= 0.3 is 0 Å². The minimum Gasteiger partial charge on any atom is -0.393 e. The number of alkyl halides is 1. The molecule has 2 aliphatic heterocycles. The Kier molecular flexibility index (Phi) is 4.55. The van der Waals surface area contributed by atoms with Gasteiger partial charge in [-0.05, 0) is 38.8 Å². The molecule has 0 aromatic heterocycles. The van der Waals surface area contributed by atoms with Gasteiger partial charge in [0.2, 0.25) is 0 Å². The van der Waals surface area contributed by atoms with Crippen LogP contribution in [0.2, 0.25) is 0 Å². The Hall–Kier alpha value is -0.190. The van der Waals surface area contributed by atoms with Crippen LogP contribution < -0.4 is 5.32 Å². The van der Waals surface area contributed by atoms with E-state index >= 15 is 0 Å². The van der Waals surface area contributed by atoms with Crippen molar-refractivity contribution in [2.24, 2.45) is 5.92 Å². The summed E-state index contributed by atoms with van der Waals surface area (Å²) in [6, 6.07) is 0.649. The van der Waals surface area contributed by atoms with Gasteiger partial charge in [0.25, 0.3) is 0 Å². The van der Waals surface area contributed by atoms with Crippen LogP contribution in [0.1, 0.15) is 25.7 Å². The van der Waals surface area contributed by atoms with Gasteiger partial charge in [-0.25, -0.2) is 0 Å². The Morgan fingerprint density at radius 1 is 1.25 bits per heavy atom. The van der Waals surface area contributed by atoms with E-state index in [1.54, 1.807) is 0 Å². The van der Waals surface area contributed by atoms with Gasteiger partial charge in [-0.1, -0.05) is 0 Å². The summed E-state index contributed by atoms with van der Waals surface area (Å²) in [5, 5.41) is 13.2. The molecule has 3 nitrogen and oxygen atoms in total. The molecule has 2 heterocycles. The van der Waals surface area contributed by atoms with Crippen molar-refractivity contribution >= 4 is 0 Å². The maximum atomic E-state index is 12.4. The molecule has 2 saturated heterocycles. The van der Waals surface area contributed by atoms with Crippen molar-refractivity contribution in [3.63, 3.8) is 0 Å². The van der Waals surface area contributed by atoms with Gasteiger partial charge in [0.15, 0.2) is 0 Å². The number of hydrogen-bond acceptors (Lipinski definition) is 3. The van der Waals surface area contributed by atoms with Gasteiger partial charge in [-0.3, -0.25) is 9.29 Å². The van der Waals surface area contributed by atoms with Crippen LogP contribution in [0, 0.1) is 5.92 Å². The Bertz CT molecular complexity index is 209. The van der Waals surface area contributed by atoms with Crippen molar-refractivity contribution in [1.29, 1.82) is 0 Å². The molecule has 0 unspecified atom stereocenters. The summed E-state index contributed by atoms with van der Waals surface area (Å²) in [4.78, 5) is 2.47. The smallest absolute Gasteiger partial charge is 0.0898 e. The van der Waals surface area contributed by atoms with Crippen LogP contribution in [0.3, 0.4) is 0 Å². The van der Waals surface area contributed by atoms with Crippen molar-refractivity contribution in [3.8, 4) is 0 Å². The highest BCUT2D eigenvalue weighted by Gasteiger charge is 2.31. The zero-order valence-electron chi connectivity index (χ0n) is 9.87. The molecule has 0 saturated carbocycles. The molecule has 2 rings (SSSR count). The van der Waals surface area contributed by atoms with Crippen molar-refractivity contribution in [3.05, 3.63) is 0 Å². The van der Waals surface area contributed by atoms with E-state index in [9.17, 15) is 9.50 Å². The predicted octanol–water partition coefficient (Wildman–Crippen LogP) is 0.781. The molecule has 0 bridgehead atoms. The molecular formula is C12H23FN2O. The highest BCUT2D eigenvalue weighted by molar-refractivity contribution is 4.86. The molecule has 0 aliphatic carbocycles. The van der Waals surface area contributed by atoms with Gasteiger partial charge in [0.1, 0.15) is 0 Å². The largest absolute Gasteiger partial charge is 0.393 e. The summed E-state index contributed by atoms with van der Waals surface area (Å²) < 4.78 is 12.4. The van der Waals surface area contributed by atoms with E-state index in [2.05, 4.69) is 10.2 Å². The van der Waals surface area contributed by atoms with Gasteiger partial charge < -0.3 is 10.4 Å². The van der Waals surface area contributed by atoms with Crippen molar-refractivity contribution in [2.45, 2.75) is 37.8 Å². The van der Waals surface area contributed by atoms with Crippen LogP contribution in [0.5, 0.6) is 0 Å². The number of aliphatic hydroxyl groups excluding tert-OH is 1. The van der Waals surface area contributed by atoms with Gasteiger partial charge in [0.05, 0.1) is 12.8 Å². The Labute approximate surface area is 97.0 Å². The molecule has 0 aromatic carbocycles. The fraction of sp³-hybridized carbons (Fsp3) is 1.00. The third-order valence-electron chi connectivity index (χ3n) is 4.03. The molecule has 4 heteroatoms. The third-order valence-corrected chi connectivity index (χ3v) is 4.03. The zero-order chi connectivity index (χ0) is 11.4. The molecule has 2 fully saturated rings. The van der Waals surface area contributed by atoms with Gasteiger partial charge in [-0.15, -0.1) is 0 Å². The molecule has 2 N–H and O–H groups in total. The second-order valence-corrected chi connectivity index (χ2v) is 5.07. The summed E-state index contributed by atoms with van der Waals surface area (Å²) in [7, 11) is 0. The highest BCUT2D eigenvalue weighted by atomic mass is 19.1. The zero-order valence-corrected chi connectivity index (χ0v) is 9.87. The summed E-state index contributed by atoms with van der Waals surface area (Å²) in [6.45, 7) is 3.75. The quantitative estimate of drug-likeness (QED) is 0.752. The van der Waals surface area contributed by atoms with E-state index in [1.807, 2.05) is 0 Å². The van der Waals surface area contributed by atoms with Crippen LogP contribution >= 0.6 is 0 Å². The molecule has 0 spiro atoms. The lowest BCUT2D eigenvalue weighted by Crippen LogP contribution is -2.50. The summed E-state index contributed by atoms with van der Waals surface area (Å²) in [5.74, 6) is 0.147. The van der Waals surface area contributed by atoms with E-state index in [0.29, 0.717) is 12.5 Å². The number of likely N-dealkylation sites (tertiary alicyclic amines) is 1. The number of hydrogen-bond donors (Lipinski definition) is 2. The average Bonchev–Trinajstić information content (AvgIpc) is 2.33. The number of piperidine rings is 2. The van der Waals surface area contributed by atoms with Gasteiger partial charge in [-0.2, -0.15) is 0 Å². The molecule has 2 atom stereocenters. The lowest BCUT2D eigenvalue weighted by molar-refractivity contribution is -0.00127. The van der Waals surface area contributed by atoms with Crippen LogP contribution in [-0.4, -0.2) is 55.0 Å². The monoisotopic (exact) mass is 230 g/mol. The second kappa shape index (κ2) is 5.94. The minimum absolute atomic E-state index is 0.147. The standard InChI is InChI=1S/C12H23FN2O/c13-5-1-10-9-15(8-4-12(10)16)11-2-6-14-7-3-11/h10-12,14,16H,1-9H2/t10-,12-/m1/s1. The van der Waals surface area contributed by atoms with Crippen LogP contribution in [0.4, 0.5) is 4.39 Å². The molecule has 0 aromatic rings. The van der Waals surface area contributed by atoms with E-state index < -0.39 is 0 Å². The van der Waals surface area contributed by atoms with Crippen molar-refractivity contribution < 1.29 is 9.50 Å². The third kappa shape index (κ3) is 2.93. The molecule has 94 valence electrons. The topological polar surface area (TPSA) is 35.5 Å². The first-order chi connectivity index (χ1) is 7.81. The lowest BCUT2D eigenvalue weighted by Gasteiger charge is -2.42. The number of halogens is 1. The number of nitrogens with zero attached hydrogens (tertiary/aromatic N) is 1. The Balaban J connectivity index is 1.86. The predicted molar refractivity (Wildman–Crippen MR) is 62.2 cm³/mol. The SMILES string of the molecule is O[C@@H]1CCN(C2CCNCC2)C[C@H]1CCF. The number of aliphatic hydroxyl groups is 1. The first-order valence-corrected chi connectivity index (χ1v) is 6.50.